The number of hydrogen-bond donors (Lipinski definition) is 2. The van der Waals surface area contributed by atoms with E-state index in [9.17, 15) is 5.11 Å². The predicted octanol–water partition coefficient (Wildman–Crippen LogP) is 1.83. The molecule has 0 bridgehead atoms. The lowest BCUT2D eigenvalue weighted by Gasteiger charge is -2.24. The van der Waals surface area contributed by atoms with Gasteiger partial charge in [0.2, 0.25) is 0 Å². The zero-order valence-corrected chi connectivity index (χ0v) is 11.0. The van der Waals surface area contributed by atoms with Crippen molar-refractivity contribution in [1.82, 2.24) is 0 Å². The van der Waals surface area contributed by atoms with Crippen molar-refractivity contribution in [2.45, 2.75) is 12.0 Å². The molecule has 2 heterocycles. The van der Waals surface area contributed by atoms with Gasteiger partial charge in [0.05, 0.1) is 18.6 Å². The number of ether oxygens (including phenoxy) is 2. The minimum atomic E-state index is -0.707. The third kappa shape index (κ3) is 2.37. The van der Waals surface area contributed by atoms with E-state index in [1.165, 1.54) is 12.5 Å². The van der Waals surface area contributed by atoms with Crippen molar-refractivity contribution < 1.29 is 19.0 Å². The lowest BCUT2D eigenvalue weighted by molar-refractivity contribution is 0.145. The molecule has 0 fully saturated rings. The minimum absolute atomic E-state index is 0.219. The molecular formula is C15H17NO4. The highest BCUT2D eigenvalue weighted by Gasteiger charge is 2.24. The molecule has 0 amide bonds. The van der Waals surface area contributed by atoms with Crippen molar-refractivity contribution in [2.24, 2.45) is 5.73 Å². The molecule has 20 heavy (non-hydrogen) atoms. The molecule has 0 saturated carbocycles. The number of rotatable bonds is 4. The molecular weight excluding hydrogens is 258 g/mol. The van der Waals surface area contributed by atoms with Gasteiger partial charge in [-0.05, 0) is 23.8 Å². The smallest absolute Gasteiger partial charge is 0.161 e. The number of benzene rings is 1. The quantitative estimate of drug-likeness (QED) is 0.890. The van der Waals surface area contributed by atoms with E-state index in [4.69, 9.17) is 19.6 Å². The third-order valence-electron chi connectivity index (χ3n) is 3.51. The average molecular weight is 275 g/mol. The second-order valence-electron chi connectivity index (χ2n) is 4.75. The van der Waals surface area contributed by atoms with E-state index in [1.54, 1.807) is 6.07 Å². The van der Waals surface area contributed by atoms with Crippen LogP contribution in [0, 0.1) is 0 Å². The van der Waals surface area contributed by atoms with Crippen molar-refractivity contribution in [1.29, 1.82) is 0 Å². The maximum Gasteiger partial charge on any atom is 0.161 e. The first kappa shape index (κ1) is 13.0. The van der Waals surface area contributed by atoms with E-state index in [0.29, 0.717) is 25.5 Å². The van der Waals surface area contributed by atoms with Crippen LogP contribution in [-0.4, -0.2) is 24.9 Å². The molecule has 0 spiro atoms. The largest absolute Gasteiger partial charge is 0.486 e. The van der Waals surface area contributed by atoms with Crippen LogP contribution < -0.4 is 15.2 Å². The molecule has 3 rings (SSSR count). The van der Waals surface area contributed by atoms with Crippen molar-refractivity contribution >= 4 is 0 Å². The number of aliphatic hydroxyl groups excluding tert-OH is 1. The zero-order valence-electron chi connectivity index (χ0n) is 11.0. The highest BCUT2D eigenvalue weighted by atomic mass is 16.6. The summed E-state index contributed by atoms with van der Waals surface area (Å²) in [5.41, 5.74) is 7.46. The molecule has 3 N–H and O–H groups in total. The van der Waals surface area contributed by atoms with Gasteiger partial charge in [0.25, 0.3) is 0 Å². The van der Waals surface area contributed by atoms with Gasteiger partial charge in [0, 0.05) is 18.0 Å². The van der Waals surface area contributed by atoms with Crippen LogP contribution in [0.5, 0.6) is 11.5 Å². The highest BCUT2D eigenvalue weighted by molar-refractivity contribution is 5.45. The van der Waals surface area contributed by atoms with Crippen LogP contribution in [0.3, 0.4) is 0 Å². The maximum absolute atomic E-state index is 10.4. The fraction of sp³-hybridized carbons (Fsp3) is 0.333. The summed E-state index contributed by atoms with van der Waals surface area (Å²) in [6.07, 6.45) is 2.36. The maximum atomic E-state index is 10.4. The number of aliphatic hydroxyl groups is 1. The Balaban J connectivity index is 1.89. The summed E-state index contributed by atoms with van der Waals surface area (Å²) in [4.78, 5) is 0. The Bertz CT molecular complexity index is 567. The Morgan fingerprint density at radius 3 is 2.60 bits per heavy atom. The van der Waals surface area contributed by atoms with Crippen LogP contribution in [0.4, 0.5) is 0 Å². The lowest BCUT2D eigenvalue weighted by Crippen LogP contribution is -2.21. The first-order chi connectivity index (χ1) is 9.79. The topological polar surface area (TPSA) is 77.9 Å². The summed E-state index contributed by atoms with van der Waals surface area (Å²) in [6.45, 7) is 1.42. The van der Waals surface area contributed by atoms with Gasteiger partial charge in [-0.1, -0.05) is 6.07 Å². The molecule has 1 aliphatic rings. The fourth-order valence-electron chi connectivity index (χ4n) is 2.41. The molecule has 0 radical (unpaired) electrons. The number of hydrogen-bond acceptors (Lipinski definition) is 5. The predicted molar refractivity (Wildman–Crippen MR) is 72.9 cm³/mol. The van der Waals surface area contributed by atoms with Crippen molar-refractivity contribution in [3.8, 4) is 11.5 Å². The minimum Gasteiger partial charge on any atom is -0.486 e. The molecule has 5 heteroatoms. The molecule has 106 valence electrons. The van der Waals surface area contributed by atoms with E-state index in [-0.39, 0.29) is 5.92 Å². The Hall–Kier alpha value is -1.98. The van der Waals surface area contributed by atoms with Crippen LogP contribution in [0.15, 0.2) is 41.2 Å². The molecule has 2 atom stereocenters. The van der Waals surface area contributed by atoms with Crippen LogP contribution in [0.1, 0.15) is 23.1 Å². The normalized spacial score (nSPS) is 16.7. The van der Waals surface area contributed by atoms with E-state index >= 15 is 0 Å². The van der Waals surface area contributed by atoms with Gasteiger partial charge in [0.15, 0.2) is 11.5 Å². The molecule has 1 aromatic heterocycles. The first-order valence-electron chi connectivity index (χ1n) is 6.59. The van der Waals surface area contributed by atoms with Gasteiger partial charge in [-0.15, -0.1) is 0 Å². The number of fused-ring (bicyclic) bond motifs is 1. The summed E-state index contributed by atoms with van der Waals surface area (Å²) < 4.78 is 16.1. The van der Waals surface area contributed by atoms with Gasteiger partial charge >= 0.3 is 0 Å². The SMILES string of the molecule is NCC(c1ccc2c(c1)OCCO2)C(O)c1ccoc1. The van der Waals surface area contributed by atoms with Gasteiger partial charge in [0.1, 0.15) is 13.2 Å². The van der Waals surface area contributed by atoms with Gasteiger partial charge in [-0.2, -0.15) is 0 Å². The summed E-state index contributed by atoms with van der Waals surface area (Å²) in [5.74, 6) is 1.21. The second-order valence-corrected chi connectivity index (χ2v) is 4.75. The fourth-order valence-corrected chi connectivity index (χ4v) is 2.41. The molecule has 0 aliphatic carbocycles. The number of nitrogens with two attached hydrogens (primary N) is 1. The highest BCUT2D eigenvalue weighted by Crippen LogP contribution is 2.37. The zero-order chi connectivity index (χ0) is 13.9. The van der Waals surface area contributed by atoms with Gasteiger partial charge in [-0.3, -0.25) is 0 Å². The molecule has 1 aromatic carbocycles. The molecule has 2 unspecified atom stereocenters. The second kappa shape index (κ2) is 5.56. The lowest BCUT2D eigenvalue weighted by atomic mass is 9.90. The summed E-state index contributed by atoms with van der Waals surface area (Å²) in [7, 11) is 0. The summed E-state index contributed by atoms with van der Waals surface area (Å²) in [6, 6.07) is 7.39. The van der Waals surface area contributed by atoms with Crippen molar-refractivity contribution in [2.75, 3.05) is 19.8 Å². The monoisotopic (exact) mass is 275 g/mol. The van der Waals surface area contributed by atoms with Crippen LogP contribution >= 0.6 is 0 Å². The Labute approximate surface area is 116 Å². The first-order valence-corrected chi connectivity index (χ1v) is 6.59. The molecule has 0 saturated heterocycles. The van der Waals surface area contributed by atoms with Crippen molar-refractivity contribution in [3.05, 3.63) is 47.9 Å². The van der Waals surface area contributed by atoms with Gasteiger partial charge in [-0.25, -0.2) is 0 Å². The summed E-state index contributed by atoms with van der Waals surface area (Å²) in [5, 5.41) is 10.4. The van der Waals surface area contributed by atoms with Crippen LogP contribution in [0.2, 0.25) is 0 Å². The standard InChI is InChI=1S/C15H17NO4/c16-8-12(15(17)11-3-4-18-9-11)10-1-2-13-14(7-10)20-6-5-19-13/h1-4,7,9,12,15,17H,5-6,8,16H2. The Morgan fingerprint density at radius 1 is 1.10 bits per heavy atom. The molecule has 2 aromatic rings. The average Bonchev–Trinajstić information content (AvgIpc) is 3.02. The molecule has 1 aliphatic heterocycles. The third-order valence-corrected chi connectivity index (χ3v) is 3.51. The van der Waals surface area contributed by atoms with E-state index in [2.05, 4.69) is 0 Å². The van der Waals surface area contributed by atoms with E-state index < -0.39 is 6.10 Å². The summed E-state index contributed by atoms with van der Waals surface area (Å²) >= 11 is 0. The number of furan rings is 1. The van der Waals surface area contributed by atoms with Crippen LogP contribution in [-0.2, 0) is 0 Å². The Kier molecular flexibility index (Phi) is 3.62. The van der Waals surface area contributed by atoms with Gasteiger partial charge < -0.3 is 24.7 Å². The van der Waals surface area contributed by atoms with Crippen molar-refractivity contribution in [3.63, 3.8) is 0 Å². The van der Waals surface area contributed by atoms with E-state index in [0.717, 1.165) is 16.9 Å². The molecule has 5 nitrogen and oxygen atoms in total. The van der Waals surface area contributed by atoms with Crippen LogP contribution in [0.25, 0.3) is 0 Å². The van der Waals surface area contributed by atoms with E-state index in [1.807, 2.05) is 18.2 Å². The Morgan fingerprint density at radius 2 is 1.90 bits per heavy atom.